The summed E-state index contributed by atoms with van der Waals surface area (Å²) < 4.78 is 6.04. The Labute approximate surface area is 249 Å². The summed E-state index contributed by atoms with van der Waals surface area (Å²) >= 11 is 13.8. The van der Waals surface area contributed by atoms with E-state index < -0.39 is 8.07 Å². The third-order valence-corrected chi connectivity index (χ3v) is 13.3. The first-order chi connectivity index (χ1) is 20.1. The van der Waals surface area contributed by atoms with Gasteiger partial charge in [-0.05, 0) is 57.1 Å². The van der Waals surface area contributed by atoms with Gasteiger partial charge in [0.25, 0.3) is 0 Å². The van der Waals surface area contributed by atoms with E-state index in [1.807, 2.05) is 30.3 Å². The molecule has 1 N–H and O–H groups in total. The van der Waals surface area contributed by atoms with Crippen LogP contribution in [0.1, 0.15) is 0 Å². The van der Waals surface area contributed by atoms with E-state index in [1.165, 1.54) is 15.6 Å². The highest BCUT2D eigenvalue weighted by Crippen LogP contribution is 2.35. The van der Waals surface area contributed by atoms with Crippen LogP contribution in [-0.2, 0) is 0 Å². The third kappa shape index (κ3) is 4.43. The van der Waals surface area contributed by atoms with Gasteiger partial charge in [0, 0.05) is 16.5 Å². The Morgan fingerprint density at radius 2 is 1.02 bits per heavy atom. The lowest BCUT2D eigenvalue weighted by Gasteiger charge is -2.35. The van der Waals surface area contributed by atoms with Gasteiger partial charge >= 0.3 is 0 Å². The van der Waals surface area contributed by atoms with Gasteiger partial charge in [-0.1, -0.05) is 132 Å². The van der Waals surface area contributed by atoms with Crippen molar-refractivity contribution in [2.24, 2.45) is 0 Å². The second-order valence-electron chi connectivity index (χ2n) is 10.1. The minimum Gasteiger partial charge on any atom is -0.456 e. The van der Waals surface area contributed by atoms with Crippen LogP contribution in [0.3, 0.4) is 0 Å². The Morgan fingerprint density at radius 3 is 1.63 bits per heavy atom. The van der Waals surface area contributed by atoms with Gasteiger partial charge in [-0.15, -0.1) is 0 Å². The number of rotatable bonds is 6. The maximum absolute atomic E-state index is 6.94. The van der Waals surface area contributed by atoms with Crippen LogP contribution in [0.5, 0.6) is 0 Å². The number of anilines is 2. The van der Waals surface area contributed by atoms with Crippen LogP contribution in [0, 0.1) is 0 Å². The molecule has 7 aromatic rings. The highest BCUT2D eigenvalue weighted by atomic mass is 35.5. The number of para-hydroxylation sites is 1. The molecule has 7 rings (SSSR count). The van der Waals surface area contributed by atoms with Crippen molar-refractivity contribution < 1.29 is 4.42 Å². The molecular formula is C36H25Cl2NOSi. The first kappa shape index (κ1) is 25.7. The fourth-order valence-electron chi connectivity index (χ4n) is 5.92. The van der Waals surface area contributed by atoms with Gasteiger partial charge in [0.15, 0.2) is 8.07 Å². The second-order valence-corrected chi connectivity index (χ2v) is 14.7. The van der Waals surface area contributed by atoms with Crippen molar-refractivity contribution in [1.29, 1.82) is 0 Å². The molecule has 0 fully saturated rings. The molecule has 0 spiro atoms. The van der Waals surface area contributed by atoms with Crippen molar-refractivity contribution in [2.45, 2.75) is 0 Å². The number of hydrogen-bond donors (Lipinski definition) is 1. The van der Waals surface area contributed by atoms with E-state index in [2.05, 4.69) is 121 Å². The lowest BCUT2D eigenvalue weighted by Crippen LogP contribution is -2.74. The molecule has 198 valence electrons. The van der Waals surface area contributed by atoms with Gasteiger partial charge in [0.1, 0.15) is 11.2 Å². The van der Waals surface area contributed by atoms with Gasteiger partial charge in [-0.25, -0.2) is 0 Å². The van der Waals surface area contributed by atoms with Crippen LogP contribution < -0.4 is 26.1 Å². The van der Waals surface area contributed by atoms with E-state index >= 15 is 0 Å². The van der Waals surface area contributed by atoms with Crippen LogP contribution in [0.2, 0.25) is 10.0 Å². The lowest BCUT2D eigenvalue weighted by atomic mass is 10.1. The number of hydrogen-bond acceptors (Lipinski definition) is 2. The average Bonchev–Trinajstić information content (AvgIpc) is 3.40. The zero-order valence-electron chi connectivity index (χ0n) is 22.0. The zero-order valence-corrected chi connectivity index (χ0v) is 24.5. The number of fused-ring (bicyclic) bond motifs is 3. The smallest absolute Gasteiger partial charge is 0.179 e. The zero-order chi connectivity index (χ0) is 27.8. The molecular weight excluding hydrogens is 561 g/mol. The molecule has 0 aliphatic heterocycles. The predicted octanol–water partition coefficient (Wildman–Crippen LogP) is 8.01. The van der Waals surface area contributed by atoms with Crippen molar-refractivity contribution in [2.75, 3.05) is 5.32 Å². The Balaban J connectivity index is 1.45. The van der Waals surface area contributed by atoms with Crippen LogP contribution in [0.15, 0.2) is 150 Å². The van der Waals surface area contributed by atoms with E-state index in [0.717, 1.165) is 38.5 Å². The molecule has 6 aromatic carbocycles. The Bertz CT molecular complexity index is 1890. The monoisotopic (exact) mass is 585 g/mol. The van der Waals surface area contributed by atoms with Gasteiger partial charge in [0.2, 0.25) is 0 Å². The first-order valence-corrected chi connectivity index (χ1v) is 16.2. The van der Waals surface area contributed by atoms with Gasteiger partial charge in [-0.2, -0.15) is 0 Å². The van der Waals surface area contributed by atoms with Gasteiger partial charge in [-0.3, -0.25) is 0 Å². The summed E-state index contributed by atoms with van der Waals surface area (Å²) in [5.74, 6) is 0. The number of furan rings is 1. The lowest BCUT2D eigenvalue weighted by molar-refractivity contribution is 0.669. The van der Waals surface area contributed by atoms with Gasteiger partial charge in [0.05, 0.1) is 15.7 Å². The highest BCUT2D eigenvalue weighted by Gasteiger charge is 2.42. The molecule has 0 aliphatic rings. The van der Waals surface area contributed by atoms with Crippen LogP contribution in [0.25, 0.3) is 21.9 Å². The molecule has 5 heteroatoms. The molecule has 2 nitrogen and oxygen atoms in total. The fourth-order valence-corrected chi connectivity index (χ4v) is 11.2. The SMILES string of the molecule is Clc1cc([Si](c2ccccc2)(c2ccccc2)c2ccccc2)cc(Nc2ccc3oc4ccccc4c3c2)c1Cl. The topological polar surface area (TPSA) is 25.2 Å². The van der Waals surface area contributed by atoms with Crippen molar-refractivity contribution in [3.8, 4) is 0 Å². The van der Waals surface area contributed by atoms with E-state index in [4.69, 9.17) is 27.6 Å². The summed E-state index contributed by atoms with van der Waals surface area (Å²) in [6.45, 7) is 0. The maximum atomic E-state index is 6.94. The standard InChI is InChI=1S/C36H25Cl2NOSi/c37-32-23-29(24-33(36(32)38)39-25-20-21-35-31(22-25)30-18-10-11-19-34(30)40-35)41(26-12-4-1-5-13-26,27-14-6-2-7-15-27)28-16-8-3-9-17-28/h1-24,39H. The number of nitrogens with one attached hydrogen (secondary N) is 1. The van der Waals surface area contributed by atoms with E-state index in [-0.39, 0.29) is 0 Å². The third-order valence-electron chi connectivity index (χ3n) is 7.74. The normalized spacial score (nSPS) is 11.7. The first-order valence-electron chi connectivity index (χ1n) is 13.5. The predicted molar refractivity (Wildman–Crippen MR) is 177 cm³/mol. The van der Waals surface area contributed by atoms with Crippen molar-refractivity contribution >= 4 is 85.3 Å². The van der Waals surface area contributed by atoms with Crippen LogP contribution >= 0.6 is 23.2 Å². The Hall–Kier alpha value is -4.28. The van der Waals surface area contributed by atoms with Crippen LogP contribution in [0.4, 0.5) is 11.4 Å². The maximum Gasteiger partial charge on any atom is 0.179 e. The molecule has 0 bridgehead atoms. The molecule has 0 unspecified atom stereocenters. The molecule has 41 heavy (non-hydrogen) atoms. The quantitative estimate of drug-likeness (QED) is 0.158. The minimum absolute atomic E-state index is 0.490. The fraction of sp³-hybridized carbons (Fsp3) is 0. The summed E-state index contributed by atoms with van der Waals surface area (Å²) in [6.07, 6.45) is 0. The van der Waals surface area contributed by atoms with Crippen molar-refractivity contribution in [1.82, 2.24) is 0 Å². The minimum atomic E-state index is -2.77. The summed E-state index contributed by atoms with van der Waals surface area (Å²) in [6, 6.07) is 50.7. The summed E-state index contributed by atoms with van der Waals surface area (Å²) in [5, 5.41) is 11.7. The molecule has 0 saturated heterocycles. The molecule has 0 atom stereocenters. The Kier molecular flexibility index (Phi) is 6.64. The molecule has 0 aliphatic carbocycles. The summed E-state index contributed by atoms with van der Waals surface area (Å²) in [7, 11) is -2.77. The largest absolute Gasteiger partial charge is 0.456 e. The van der Waals surface area contributed by atoms with Crippen LogP contribution in [-0.4, -0.2) is 8.07 Å². The van der Waals surface area contributed by atoms with E-state index in [1.54, 1.807) is 0 Å². The summed E-state index contributed by atoms with van der Waals surface area (Å²) in [4.78, 5) is 0. The second kappa shape index (κ2) is 10.6. The average molecular weight is 587 g/mol. The number of halogens is 2. The van der Waals surface area contributed by atoms with E-state index in [0.29, 0.717) is 10.0 Å². The van der Waals surface area contributed by atoms with Crippen molar-refractivity contribution in [3.05, 3.63) is 156 Å². The van der Waals surface area contributed by atoms with Crippen molar-refractivity contribution in [3.63, 3.8) is 0 Å². The Morgan fingerprint density at radius 1 is 0.488 bits per heavy atom. The molecule has 1 heterocycles. The van der Waals surface area contributed by atoms with Gasteiger partial charge < -0.3 is 9.73 Å². The molecule has 0 radical (unpaired) electrons. The number of benzene rings is 6. The highest BCUT2D eigenvalue weighted by molar-refractivity contribution is 7.20. The van der Waals surface area contributed by atoms with E-state index in [9.17, 15) is 0 Å². The molecule has 0 saturated carbocycles. The summed E-state index contributed by atoms with van der Waals surface area (Å²) in [5.41, 5.74) is 3.39. The molecule has 0 amide bonds. The molecule has 1 aromatic heterocycles.